The van der Waals surface area contributed by atoms with Crippen LogP contribution >= 0.6 is 0 Å². The first-order valence-corrected chi connectivity index (χ1v) is 9.49. The summed E-state index contributed by atoms with van der Waals surface area (Å²) in [5.74, 6) is 0.318. The number of alkyl halides is 3. The second kappa shape index (κ2) is 9.30. The van der Waals surface area contributed by atoms with Crippen LogP contribution in [0.5, 0.6) is 11.5 Å². The molecule has 0 saturated carbocycles. The van der Waals surface area contributed by atoms with Crippen molar-refractivity contribution >= 4 is 0 Å². The van der Waals surface area contributed by atoms with E-state index in [1.807, 2.05) is 25.1 Å². The van der Waals surface area contributed by atoms with Gasteiger partial charge in [-0.1, -0.05) is 30.3 Å². The van der Waals surface area contributed by atoms with Gasteiger partial charge in [0.15, 0.2) is 0 Å². The van der Waals surface area contributed by atoms with E-state index < -0.39 is 6.36 Å². The van der Waals surface area contributed by atoms with Gasteiger partial charge in [0.25, 0.3) is 0 Å². The molecule has 0 spiro atoms. The fourth-order valence-electron chi connectivity index (χ4n) is 3.55. The zero-order chi connectivity index (χ0) is 20.0. The fraction of sp³-hybridized carbons (Fsp3) is 0.429. The van der Waals surface area contributed by atoms with Gasteiger partial charge in [0.1, 0.15) is 11.5 Å². The van der Waals surface area contributed by atoms with Gasteiger partial charge in [0.2, 0.25) is 0 Å². The summed E-state index contributed by atoms with van der Waals surface area (Å²) in [5.41, 5.74) is 1.83. The molecule has 3 rings (SSSR count). The van der Waals surface area contributed by atoms with Gasteiger partial charge in [0, 0.05) is 24.2 Å². The van der Waals surface area contributed by atoms with Crippen LogP contribution < -0.4 is 20.1 Å². The molecule has 4 nitrogen and oxygen atoms in total. The SMILES string of the molecule is CCOc1ccc(OC(F)(F)F)cc1CN[C@H]1CCCN[C@H]1c1ccccc1. The molecular weight excluding hydrogens is 369 g/mol. The molecule has 0 bridgehead atoms. The molecule has 1 heterocycles. The minimum absolute atomic E-state index is 0.153. The molecule has 28 heavy (non-hydrogen) atoms. The predicted molar refractivity (Wildman–Crippen MR) is 101 cm³/mol. The van der Waals surface area contributed by atoms with Crippen LogP contribution in [0.2, 0.25) is 0 Å². The Balaban J connectivity index is 1.74. The Morgan fingerprint density at radius 2 is 1.93 bits per heavy atom. The van der Waals surface area contributed by atoms with Crippen molar-refractivity contribution in [1.82, 2.24) is 10.6 Å². The van der Waals surface area contributed by atoms with Gasteiger partial charge in [-0.25, -0.2) is 0 Å². The highest BCUT2D eigenvalue weighted by molar-refractivity contribution is 5.40. The monoisotopic (exact) mass is 394 g/mol. The second-order valence-electron chi connectivity index (χ2n) is 6.72. The standard InChI is InChI=1S/C21H25F3N2O2/c1-2-27-19-11-10-17(28-21(22,23)24)13-16(19)14-26-18-9-6-12-25-20(18)15-7-4-3-5-8-15/h3-5,7-8,10-11,13,18,20,25-26H,2,6,9,12,14H2,1H3/t18-,20-/m0/s1. The molecular formula is C21H25F3N2O2. The highest BCUT2D eigenvalue weighted by Crippen LogP contribution is 2.30. The van der Waals surface area contributed by atoms with Gasteiger partial charge in [-0.05, 0) is 50.1 Å². The lowest BCUT2D eigenvalue weighted by molar-refractivity contribution is -0.274. The third-order valence-corrected chi connectivity index (χ3v) is 4.74. The first kappa shape index (κ1) is 20.5. The average molecular weight is 394 g/mol. The number of hydrogen-bond donors (Lipinski definition) is 2. The maximum Gasteiger partial charge on any atom is 0.573 e. The number of rotatable bonds is 7. The third-order valence-electron chi connectivity index (χ3n) is 4.74. The first-order valence-electron chi connectivity index (χ1n) is 9.49. The topological polar surface area (TPSA) is 42.5 Å². The Morgan fingerprint density at radius 1 is 1.14 bits per heavy atom. The summed E-state index contributed by atoms with van der Waals surface area (Å²) in [6, 6.07) is 14.7. The van der Waals surface area contributed by atoms with Crippen LogP contribution in [0.4, 0.5) is 13.2 Å². The average Bonchev–Trinajstić information content (AvgIpc) is 2.68. The zero-order valence-electron chi connectivity index (χ0n) is 15.8. The van der Waals surface area contributed by atoms with Crippen molar-refractivity contribution in [2.24, 2.45) is 0 Å². The minimum atomic E-state index is -4.72. The minimum Gasteiger partial charge on any atom is -0.494 e. The Hall–Kier alpha value is -2.25. The molecule has 2 aromatic carbocycles. The highest BCUT2D eigenvalue weighted by Gasteiger charge is 2.31. The maximum atomic E-state index is 12.6. The first-order chi connectivity index (χ1) is 13.5. The van der Waals surface area contributed by atoms with Crippen LogP contribution in [0.3, 0.4) is 0 Å². The molecule has 0 aliphatic carbocycles. The molecule has 1 aliphatic heterocycles. The molecule has 2 atom stereocenters. The van der Waals surface area contributed by atoms with E-state index in [1.165, 1.54) is 23.8 Å². The van der Waals surface area contributed by atoms with Gasteiger partial charge in [-0.3, -0.25) is 0 Å². The molecule has 2 aromatic rings. The van der Waals surface area contributed by atoms with Crippen LogP contribution in [-0.4, -0.2) is 25.6 Å². The molecule has 7 heteroatoms. The van der Waals surface area contributed by atoms with E-state index in [-0.39, 0.29) is 17.8 Å². The van der Waals surface area contributed by atoms with Gasteiger partial charge in [0.05, 0.1) is 6.61 Å². The van der Waals surface area contributed by atoms with Crippen molar-refractivity contribution in [3.8, 4) is 11.5 Å². The summed E-state index contributed by atoms with van der Waals surface area (Å²) in [7, 11) is 0. The normalized spacial score (nSPS) is 20.0. The van der Waals surface area contributed by atoms with Crippen LogP contribution in [0.1, 0.15) is 36.9 Å². The van der Waals surface area contributed by atoms with Gasteiger partial charge < -0.3 is 20.1 Å². The van der Waals surface area contributed by atoms with Crippen molar-refractivity contribution in [1.29, 1.82) is 0 Å². The van der Waals surface area contributed by atoms with Crippen molar-refractivity contribution < 1.29 is 22.6 Å². The van der Waals surface area contributed by atoms with Crippen molar-refractivity contribution in [3.05, 3.63) is 59.7 Å². The van der Waals surface area contributed by atoms with Crippen LogP contribution in [0.15, 0.2) is 48.5 Å². The Morgan fingerprint density at radius 3 is 2.64 bits per heavy atom. The number of piperidine rings is 1. The van der Waals surface area contributed by atoms with E-state index in [0.29, 0.717) is 24.5 Å². The smallest absolute Gasteiger partial charge is 0.494 e. The lowest BCUT2D eigenvalue weighted by Crippen LogP contribution is -2.45. The molecule has 0 unspecified atom stereocenters. The lowest BCUT2D eigenvalue weighted by Gasteiger charge is -2.34. The molecule has 152 valence electrons. The van der Waals surface area contributed by atoms with Crippen LogP contribution in [0.25, 0.3) is 0 Å². The molecule has 0 amide bonds. The van der Waals surface area contributed by atoms with E-state index in [1.54, 1.807) is 0 Å². The number of nitrogens with one attached hydrogen (secondary N) is 2. The van der Waals surface area contributed by atoms with Crippen molar-refractivity contribution in [2.45, 2.75) is 44.8 Å². The number of ether oxygens (including phenoxy) is 2. The zero-order valence-corrected chi connectivity index (χ0v) is 15.8. The summed E-state index contributed by atoms with van der Waals surface area (Å²) >= 11 is 0. The molecule has 0 aromatic heterocycles. The number of hydrogen-bond acceptors (Lipinski definition) is 4. The summed E-state index contributed by atoms with van der Waals surface area (Å²) in [4.78, 5) is 0. The fourth-order valence-corrected chi connectivity index (χ4v) is 3.55. The van der Waals surface area contributed by atoms with Crippen molar-refractivity contribution in [3.63, 3.8) is 0 Å². The summed E-state index contributed by atoms with van der Waals surface area (Å²) < 4.78 is 47.3. The van der Waals surface area contributed by atoms with Gasteiger partial charge >= 0.3 is 6.36 Å². The Labute approximate surface area is 163 Å². The summed E-state index contributed by atoms with van der Waals surface area (Å²) in [5, 5.41) is 7.03. The molecule has 1 saturated heterocycles. The van der Waals surface area contributed by atoms with Gasteiger partial charge in [-0.2, -0.15) is 0 Å². The quantitative estimate of drug-likeness (QED) is 0.722. The van der Waals surface area contributed by atoms with Crippen LogP contribution in [0, 0.1) is 0 Å². The number of halogens is 3. The Kier molecular flexibility index (Phi) is 6.80. The largest absolute Gasteiger partial charge is 0.573 e. The van der Waals surface area contributed by atoms with E-state index in [4.69, 9.17) is 4.74 Å². The summed E-state index contributed by atoms with van der Waals surface area (Å²) in [6.07, 6.45) is -2.70. The maximum absolute atomic E-state index is 12.6. The van der Waals surface area contributed by atoms with E-state index in [9.17, 15) is 13.2 Å². The van der Waals surface area contributed by atoms with Crippen molar-refractivity contribution in [2.75, 3.05) is 13.2 Å². The van der Waals surface area contributed by atoms with E-state index in [2.05, 4.69) is 27.5 Å². The molecule has 2 N–H and O–H groups in total. The predicted octanol–water partition coefficient (Wildman–Crippen LogP) is 4.57. The Bertz CT molecular complexity index is 753. The molecule has 1 aliphatic rings. The highest BCUT2D eigenvalue weighted by atomic mass is 19.4. The van der Waals surface area contributed by atoms with Crippen LogP contribution in [-0.2, 0) is 6.54 Å². The number of benzene rings is 2. The molecule has 0 radical (unpaired) electrons. The lowest BCUT2D eigenvalue weighted by atomic mass is 9.92. The second-order valence-corrected chi connectivity index (χ2v) is 6.72. The summed E-state index contributed by atoms with van der Waals surface area (Å²) in [6.45, 7) is 3.61. The molecule has 1 fully saturated rings. The van der Waals surface area contributed by atoms with E-state index in [0.717, 1.165) is 19.4 Å². The van der Waals surface area contributed by atoms with E-state index >= 15 is 0 Å². The third kappa shape index (κ3) is 5.62. The van der Waals surface area contributed by atoms with Gasteiger partial charge in [-0.15, -0.1) is 13.2 Å².